The van der Waals surface area contributed by atoms with Gasteiger partial charge in [0.25, 0.3) is 0 Å². The normalized spacial score (nSPS) is 26.1. The molecule has 17 heavy (non-hydrogen) atoms. The quantitative estimate of drug-likeness (QED) is 0.687. The van der Waals surface area contributed by atoms with Crippen molar-refractivity contribution in [2.24, 2.45) is 11.8 Å². The lowest BCUT2D eigenvalue weighted by Crippen LogP contribution is -2.25. The fourth-order valence-electron chi connectivity index (χ4n) is 2.94. The fourth-order valence-corrected chi connectivity index (χ4v) is 2.94. The Labute approximate surface area is 107 Å². The van der Waals surface area contributed by atoms with Crippen molar-refractivity contribution in [1.82, 2.24) is 0 Å². The second-order valence-electron chi connectivity index (χ2n) is 5.46. The lowest BCUT2D eigenvalue weighted by atomic mass is 9.77. The van der Waals surface area contributed by atoms with Gasteiger partial charge in [-0.1, -0.05) is 39.0 Å². The third-order valence-corrected chi connectivity index (χ3v) is 4.14. The second-order valence-corrected chi connectivity index (χ2v) is 5.46. The van der Waals surface area contributed by atoms with Gasteiger partial charge in [-0.15, -0.1) is 11.8 Å². The predicted molar refractivity (Wildman–Crippen MR) is 73.7 cm³/mol. The maximum Gasteiger partial charge on any atom is 0.0577 e. The van der Waals surface area contributed by atoms with Crippen LogP contribution in [0.5, 0.6) is 0 Å². The predicted octanol–water partition coefficient (Wildman–Crippen LogP) is 4.15. The molecule has 0 bridgehead atoms. The Morgan fingerprint density at radius 3 is 2.53 bits per heavy atom. The van der Waals surface area contributed by atoms with Gasteiger partial charge in [0.15, 0.2) is 0 Å². The summed E-state index contributed by atoms with van der Waals surface area (Å²) < 4.78 is 0. The molecule has 0 aliphatic heterocycles. The summed E-state index contributed by atoms with van der Waals surface area (Å²) in [5.41, 5.74) is 0. The number of aliphatic hydroxyl groups excluding tert-OH is 1. The van der Waals surface area contributed by atoms with E-state index in [0.717, 1.165) is 18.8 Å². The highest BCUT2D eigenvalue weighted by molar-refractivity contribution is 4.95. The lowest BCUT2D eigenvalue weighted by Gasteiger charge is -2.31. The van der Waals surface area contributed by atoms with Gasteiger partial charge in [0.1, 0.15) is 0 Å². The zero-order valence-electron chi connectivity index (χ0n) is 11.5. The van der Waals surface area contributed by atoms with Crippen molar-refractivity contribution in [2.45, 2.75) is 77.7 Å². The smallest absolute Gasteiger partial charge is 0.0577 e. The molecule has 0 heterocycles. The van der Waals surface area contributed by atoms with Crippen molar-refractivity contribution in [1.29, 1.82) is 0 Å². The van der Waals surface area contributed by atoms with Crippen LogP contribution in [-0.4, -0.2) is 11.2 Å². The van der Waals surface area contributed by atoms with E-state index in [2.05, 4.69) is 18.8 Å². The first-order chi connectivity index (χ1) is 8.27. The summed E-state index contributed by atoms with van der Waals surface area (Å²) >= 11 is 0. The molecule has 1 unspecified atom stereocenters. The van der Waals surface area contributed by atoms with Crippen LogP contribution >= 0.6 is 0 Å². The molecule has 1 atom stereocenters. The molecule has 1 aliphatic rings. The van der Waals surface area contributed by atoms with E-state index in [4.69, 9.17) is 0 Å². The summed E-state index contributed by atoms with van der Waals surface area (Å²) in [6, 6.07) is 0. The van der Waals surface area contributed by atoms with Gasteiger partial charge < -0.3 is 5.11 Å². The third kappa shape index (κ3) is 5.59. The molecule has 0 aromatic rings. The minimum absolute atomic E-state index is 0.108. The fraction of sp³-hybridized carbons (Fsp3) is 0.875. The van der Waals surface area contributed by atoms with E-state index in [1.54, 1.807) is 0 Å². The summed E-state index contributed by atoms with van der Waals surface area (Å²) in [7, 11) is 0. The van der Waals surface area contributed by atoms with E-state index in [9.17, 15) is 5.11 Å². The second kappa shape index (κ2) is 8.59. The number of rotatable bonds is 6. The first-order valence-corrected chi connectivity index (χ1v) is 7.35. The van der Waals surface area contributed by atoms with Crippen LogP contribution in [0.3, 0.4) is 0 Å². The number of hydrogen-bond donors (Lipinski definition) is 1. The number of hydrogen-bond acceptors (Lipinski definition) is 1. The van der Waals surface area contributed by atoms with E-state index in [0.29, 0.717) is 5.92 Å². The molecule has 1 rings (SSSR count). The van der Waals surface area contributed by atoms with Crippen molar-refractivity contribution in [3.05, 3.63) is 0 Å². The van der Waals surface area contributed by atoms with Gasteiger partial charge in [0, 0.05) is 6.42 Å². The molecule has 0 spiro atoms. The van der Waals surface area contributed by atoms with Crippen LogP contribution in [-0.2, 0) is 0 Å². The van der Waals surface area contributed by atoms with Gasteiger partial charge in [-0.3, -0.25) is 0 Å². The molecule has 1 nitrogen and oxygen atoms in total. The zero-order chi connectivity index (χ0) is 12.5. The molecule has 0 radical (unpaired) electrons. The minimum Gasteiger partial charge on any atom is -0.393 e. The van der Waals surface area contributed by atoms with Gasteiger partial charge in [-0.25, -0.2) is 0 Å². The van der Waals surface area contributed by atoms with Crippen LogP contribution in [0.25, 0.3) is 0 Å². The molecule has 98 valence electrons. The average molecular weight is 236 g/mol. The molecule has 0 amide bonds. The van der Waals surface area contributed by atoms with Crippen molar-refractivity contribution >= 4 is 0 Å². The Hall–Kier alpha value is -0.480. The molecule has 0 aromatic heterocycles. The Morgan fingerprint density at radius 1 is 1.24 bits per heavy atom. The van der Waals surface area contributed by atoms with Crippen LogP contribution in [0.2, 0.25) is 0 Å². The van der Waals surface area contributed by atoms with E-state index in [1.165, 1.54) is 44.9 Å². The largest absolute Gasteiger partial charge is 0.393 e. The highest BCUT2D eigenvalue weighted by Crippen LogP contribution is 2.34. The van der Waals surface area contributed by atoms with Gasteiger partial charge in [-0.05, 0) is 38.0 Å². The summed E-state index contributed by atoms with van der Waals surface area (Å²) in [6.45, 7) is 4.13. The first-order valence-electron chi connectivity index (χ1n) is 7.35. The molecule has 0 saturated heterocycles. The van der Waals surface area contributed by atoms with E-state index in [-0.39, 0.29) is 6.10 Å². The first kappa shape index (κ1) is 14.6. The Kier molecular flexibility index (Phi) is 7.37. The standard InChI is InChI=1S/C16H28O/c1-3-5-7-9-16(17)15-12-10-14(11-13-15)8-6-4-2/h14-17H,4,6-13H2,1-2H3. The average Bonchev–Trinajstić information content (AvgIpc) is 2.37. The lowest BCUT2D eigenvalue weighted by molar-refractivity contribution is 0.0668. The summed E-state index contributed by atoms with van der Waals surface area (Å²) in [6.07, 6.45) is 10.8. The third-order valence-electron chi connectivity index (χ3n) is 4.14. The van der Waals surface area contributed by atoms with E-state index >= 15 is 0 Å². The van der Waals surface area contributed by atoms with E-state index < -0.39 is 0 Å². The Morgan fingerprint density at radius 2 is 1.94 bits per heavy atom. The van der Waals surface area contributed by atoms with Crippen molar-refractivity contribution in [3.63, 3.8) is 0 Å². The van der Waals surface area contributed by atoms with Gasteiger partial charge >= 0.3 is 0 Å². The number of aliphatic hydroxyl groups is 1. The monoisotopic (exact) mass is 236 g/mol. The molecule has 1 heteroatoms. The summed E-state index contributed by atoms with van der Waals surface area (Å²) in [5.74, 6) is 7.43. The maximum absolute atomic E-state index is 10.1. The molecule has 1 aliphatic carbocycles. The SMILES string of the molecule is CC#CCCC(O)C1CCC(CCCC)CC1. The Balaban J connectivity index is 2.18. The van der Waals surface area contributed by atoms with Crippen molar-refractivity contribution < 1.29 is 5.11 Å². The maximum atomic E-state index is 10.1. The molecule has 1 fully saturated rings. The molecule has 1 N–H and O–H groups in total. The van der Waals surface area contributed by atoms with Crippen LogP contribution in [0.15, 0.2) is 0 Å². The topological polar surface area (TPSA) is 20.2 Å². The van der Waals surface area contributed by atoms with Gasteiger partial charge in [0.2, 0.25) is 0 Å². The van der Waals surface area contributed by atoms with Crippen molar-refractivity contribution in [2.75, 3.05) is 0 Å². The highest BCUT2D eigenvalue weighted by atomic mass is 16.3. The van der Waals surface area contributed by atoms with Crippen LogP contribution in [0.4, 0.5) is 0 Å². The Bertz CT molecular complexity index is 240. The van der Waals surface area contributed by atoms with Crippen molar-refractivity contribution in [3.8, 4) is 11.8 Å². The van der Waals surface area contributed by atoms with Crippen LogP contribution in [0, 0.1) is 23.7 Å². The molecule has 0 aromatic carbocycles. The summed E-state index contributed by atoms with van der Waals surface area (Å²) in [5, 5.41) is 10.1. The van der Waals surface area contributed by atoms with Crippen LogP contribution in [0.1, 0.15) is 71.6 Å². The van der Waals surface area contributed by atoms with E-state index in [1.807, 2.05) is 6.92 Å². The molecular formula is C16H28O. The summed E-state index contributed by atoms with van der Waals surface area (Å²) in [4.78, 5) is 0. The zero-order valence-corrected chi connectivity index (χ0v) is 11.5. The molecular weight excluding hydrogens is 208 g/mol. The minimum atomic E-state index is -0.108. The highest BCUT2D eigenvalue weighted by Gasteiger charge is 2.25. The van der Waals surface area contributed by atoms with Gasteiger partial charge in [0.05, 0.1) is 6.10 Å². The van der Waals surface area contributed by atoms with Gasteiger partial charge in [-0.2, -0.15) is 0 Å². The van der Waals surface area contributed by atoms with Crippen LogP contribution < -0.4 is 0 Å². The molecule has 1 saturated carbocycles. The number of unbranched alkanes of at least 4 members (excludes halogenated alkanes) is 1.